The first-order valence-electron chi connectivity index (χ1n) is 6.19. The van der Waals surface area contributed by atoms with Crippen molar-refractivity contribution in [2.24, 2.45) is 5.92 Å². The van der Waals surface area contributed by atoms with Crippen molar-refractivity contribution in [2.45, 2.75) is 12.8 Å². The first-order valence-corrected chi connectivity index (χ1v) is 6.57. The molecule has 1 amide bonds. The Morgan fingerprint density at radius 1 is 1.55 bits per heavy atom. The molecular formula is C14H13ClN2O3. The van der Waals surface area contributed by atoms with Gasteiger partial charge in [0, 0.05) is 18.7 Å². The van der Waals surface area contributed by atoms with Crippen molar-refractivity contribution in [3.8, 4) is 12.3 Å². The monoisotopic (exact) mass is 292 g/mol. The van der Waals surface area contributed by atoms with E-state index < -0.39 is 4.92 Å². The molecule has 0 spiro atoms. The molecule has 104 valence electrons. The minimum atomic E-state index is -0.556. The fraction of sp³-hybridized carbons (Fsp3) is 0.357. The van der Waals surface area contributed by atoms with Crippen LogP contribution in [0.15, 0.2) is 18.2 Å². The number of carbonyl (C=O) groups is 1. The molecule has 2 rings (SSSR count). The summed E-state index contributed by atoms with van der Waals surface area (Å²) >= 11 is 5.97. The van der Waals surface area contributed by atoms with E-state index in [1.807, 2.05) is 0 Å². The predicted molar refractivity (Wildman–Crippen MR) is 75.6 cm³/mol. The Labute approximate surface area is 121 Å². The van der Waals surface area contributed by atoms with Crippen LogP contribution >= 0.6 is 11.6 Å². The summed E-state index contributed by atoms with van der Waals surface area (Å²) in [7, 11) is 0. The summed E-state index contributed by atoms with van der Waals surface area (Å²) < 4.78 is 0. The van der Waals surface area contributed by atoms with Crippen molar-refractivity contribution in [3.63, 3.8) is 0 Å². The highest BCUT2D eigenvalue weighted by molar-refractivity contribution is 6.33. The Morgan fingerprint density at radius 3 is 2.80 bits per heavy atom. The molecule has 0 heterocycles. The van der Waals surface area contributed by atoms with Crippen LogP contribution in [0.4, 0.5) is 5.69 Å². The number of benzene rings is 1. The van der Waals surface area contributed by atoms with Gasteiger partial charge in [-0.2, -0.15) is 0 Å². The van der Waals surface area contributed by atoms with Crippen LogP contribution in [-0.2, 0) is 0 Å². The molecule has 0 saturated heterocycles. The summed E-state index contributed by atoms with van der Waals surface area (Å²) in [5, 5.41) is 11.0. The van der Waals surface area contributed by atoms with Crippen molar-refractivity contribution in [3.05, 3.63) is 38.9 Å². The molecule has 1 saturated carbocycles. The van der Waals surface area contributed by atoms with E-state index in [-0.39, 0.29) is 28.7 Å². The molecule has 1 aliphatic rings. The number of hydrogen-bond acceptors (Lipinski definition) is 3. The summed E-state index contributed by atoms with van der Waals surface area (Å²) in [4.78, 5) is 24.2. The second-order valence-electron chi connectivity index (χ2n) is 4.75. The van der Waals surface area contributed by atoms with Gasteiger partial charge in [-0.15, -0.1) is 6.42 Å². The van der Waals surface area contributed by atoms with E-state index in [2.05, 4.69) is 5.92 Å². The van der Waals surface area contributed by atoms with Crippen LogP contribution in [-0.4, -0.2) is 28.8 Å². The standard InChI is InChI=1S/C14H13ClN2O3/c1-2-7-16(9-10-3-4-10)14(18)12-8-11(17(19)20)5-6-13(12)15/h1,5-6,8,10H,3-4,7,9H2. The van der Waals surface area contributed by atoms with Crippen molar-refractivity contribution < 1.29 is 9.72 Å². The third-order valence-electron chi connectivity index (χ3n) is 3.14. The maximum atomic E-state index is 12.4. The highest BCUT2D eigenvalue weighted by Gasteiger charge is 2.28. The summed E-state index contributed by atoms with van der Waals surface area (Å²) in [5.41, 5.74) is -0.0402. The van der Waals surface area contributed by atoms with Gasteiger partial charge in [0.2, 0.25) is 0 Å². The van der Waals surface area contributed by atoms with E-state index in [0.717, 1.165) is 12.8 Å². The number of non-ortho nitro benzene ring substituents is 1. The lowest BCUT2D eigenvalue weighted by atomic mass is 10.1. The largest absolute Gasteiger partial charge is 0.327 e. The molecule has 0 radical (unpaired) electrons. The highest BCUT2D eigenvalue weighted by atomic mass is 35.5. The Bertz CT molecular complexity index is 591. The van der Waals surface area contributed by atoms with Gasteiger partial charge in [0.1, 0.15) is 0 Å². The van der Waals surface area contributed by atoms with Gasteiger partial charge in [0.25, 0.3) is 11.6 Å². The number of hydrogen-bond donors (Lipinski definition) is 0. The van der Waals surface area contributed by atoms with E-state index in [0.29, 0.717) is 12.5 Å². The number of nitro groups is 1. The topological polar surface area (TPSA) is 63.5 Å². The number of rotatable bonds is 5. The average molecular weight is 293 g/mol. The smallest absolute Gasteiger partial charge is 0.270 e. The Hall–Kier alpha value is -2.06. The minimum absolute atomic E-state index is 0.122. The van der Waals surface area contributed by atoms with Crippen molar-refractivity contribution in [1.29, 1.82) is 0 Å². The quantitative estimate of drug-likeness (QED) is 0.476. The number of nitrogens with zero attached hydrogens (tertiary/aromatic N) is 2. The van der Waals surface area contributed by atoms with Gasteiger partial charge in [-0.05, 0) is 24.8 Å². The van der Waals surface area contributed by atoms with Crippen molar-refractivity contribution in [1.82, 2.24) is 4.90 Å². The Balaban J connectivity index is 2.27. The van der Waals surface area contributed by atoms with Gasteiger partial charge in [-0.3, -0.25) is 14.9 Å². The van der Waals surface area contributed by atoms with Gasteiger partial charge in [-0.1, -0.05) is 17.5 Å². The number of amides is 1. The lowest BCUT2D eigenvalue weighted by Gasteiger charge is -2.20. The van der Waals surface area contributed by atoms with Gasteiger partial charge < -0.3 is 4.90 Å². The lowest BCUT2D eigenvalue weighted by molar-refractivity contribution is -0.384. The van der Waals surface area contributed by atoms with Crippen LogP contribution < -0.4 is 0 Å². The van der Waals surface area contributed by atoms with Crippen LogP contribution in [0, 0.1) is 28.4 Å². The van der Waals surface area contributed by atoms with Crippen LogP contribution in [0.3, 0.4) is 0 Å². The molecule has 1 aliphatic carbocycles. The van der Waals surface area contributed by atoms with Crippen molar-refractivity contribution >= 4 is 23.2 Å². The van der Waals surface area contributed by atoms with Crippen LogP contribution in [0.5, 0.6) is 0 Å². The maximum absolute atomic E-state index is 12.4. The highest BCUT2D eigenvalue weighted by Crippen LogP contribution is 2.31. The summed E-state index contributed by atoms with van der Waals surface area (Å²) in [5.74, 6) is 2.56. The fourth-order valence-electron chi connectivity index (χ4n) is 1.90. The van der Waals surface area contributed by atoms with Gasteiger partial charge in [0.15, 0.2) is 0 Å². The average Bonchev–Trinajstić information content (AvgIpc) is 3.21. The number of halogens is 1. The van der Waals surface area contributed by atoms with E-state index in [1.54, 1.807) is 0 Å². The lowest BCUT2D eigenvalue weighted by Crippen LogP contribution is -2.33. The van der Waals surface area contributed by atoms with Gasteiger partial charge >= 0.3 is 0 Å². The molecule has 0 atom stereocenters. The second kappa shape index (κ2) is 5.93. The molecule has 0 bridgehead atoms. The van der Waals surface area contributed by atoms with Crippen molar-refractivity contribution in [2.75, 3.05) is 13.1 Å². The molecule has 0 aliphatic heterocycles. The molecule has 0 unspecified atom stereocenters. The first kappa shape index (κ1) is 14.4. The second-order valence-corrected chi connectivity index (χ2v) is 5.16. The molecule has 0 aromatic heterocycles. The molecular weight excluding hydrogens is 280 g/mol. The molecule has 1 aromatic rings. The number of carbonyl (C=O) groups excluding carboxylic acids is 1. The van der Waals surface area contributed by atoms with Crippen LogP contribution in [0.2, 0.25) is 5.02 Å². The molecule has 0 N–H and O–H groups in total. The molecule has 20 heavy (non-hydrogen) atoms. The Morgan fingerprint density at radius 2 is 2.25 bits per heavy atom. The molecule has 1 aromatic carbocycles. The zero-order valence-corrected chi connectivity index (χ0v) is 11.5. The molecule has 5 nitrogen and oxygen atoms in total. The normalized spacial score (nSPS) is 13.6. The van der Waals surface area contributed by atoms with E-state index in [9.17, 15) is 14.9 Å². The van der Waals surface area contributed by atoms with Crippen LogP contribution in [0.1, 0.15) is 23.2 Å². The predicted octanol–water partition coefficient (Wildman–Crippen LogP) is 2.73. The van der Waals surface area contributed by atoms with E-state index in [4.69, 9.17) is 18.0 Å². The Kier molecular flexibility index (Phi) is 4.26. The zero-order valence-electron chi connectivity index (χ0n) is 10.7. The first-order chi connectivity index (χ1) is 9.52. The van der Waals surface area contributed by atoms with Gasteiger partial charge in [0.05, 0.1) is 22.1 Å². The number of terminal acetylenes is 1. The fourth-order valence-corrected chi connectivity index (χ4v) is 2.10. The third kappa shape index (κ3) is 3.28. The SMILES string of the molecule is C#CCN(CC1CC1)C(=O)c1cc([N+](=O)[O-])ccc1Cl. The zero-order chi connectivity index (χ0) is 14.7. The number of nitro benzene ring substituents is 1. The molecule has 6 heteroatoms. The summed E-state index contributed by atoms with van der Waals surface area (Å²) in [6, 6.07) is 3.82. The minimum Gasteiger partial charge on any atom is -0.327 e. The summed E-state index contributed by atoms with van der Waals surface area (Å²) in [6.07, 6.45) is 7.43. The van der Waals surface area contributed by atoms with E-state index in [1.165, 1.54) is 23.1 Å². The third-order valence-corrected chi connectivity index (χ3v) is 3.47. The molecule has 1 fully saturated rings. The summed E-state index contributed by atoms with van der Waals surface area (Å²) in [6.45, 7) is 0.746. The van der Waals surface area contributed by atoms with E-state index >= 15 is 0 Å². The van der Waals surface area contributed by atoms with Crippen LogP contribution in [0.25, 0.3) is 0 Å². The maximum Gasteiger partial charge on any atom is 0.270 e. The van der Waals surface area contributed by atoms with Gasteiger partial charge in [-0.25, -0.2) is 0 Å².